The summed E-state index contributed by atoms with van der Waals surface area (Å²) in [4.78, 5) is 0. The fourth-order valence-electron chi connectivity index (χ4n) is 2.75. The summed E-state index contributed by atoms with van der Waals surface area (Å²) in [5.74, 6) is 0.655. The van der Waals surface area contributed by atoms with Crippen LogP contribution in [0, 0.1) is 11.7 Å². The van der Waals surface area contributed by atoms with E-state index in [0.717, 1.165) is 12.5 Å². The van der Waals surface area contributed by atoms with Crippen molar-refractivity contribution in [1.29, 1.82) is 0 Å². The van der Waals surface area contributed by atoms with Crippen molar-refractivity contribution in [3.05, 3.63) is 35.6 Å². The molecule has 1 N–H and O–H groups in total. The average molecular weight is 265 g/mol. The Labute approximate surface area is 115 Å². The number of halogens is 1. The van der Waals surface area contributed by atoms with Crippen LogP contribution in [0.15, 0.2) is 24.3 Å². The van der Waals surface area contributed by atoms with Gasteiger partial charge in [-0.2, -0.15) is 0 Å². The minimum atomic E-state index is -0.184. The lowest BCUT2D eigenvalue weighted by Gasteiger charge is -2.27. The van der Waals surface area contributed by atoms with E-state index in [1.54, 1.807) is 12.1 Å². The SMILES string of the molecule is CC1CCCC(NCCOCc2ccccc2F)C1. The number of hydrogen-bond acceptors (Lipinski definition) is 2. The molecule has 0 heterocycles. The van der Waals surface area contributed by atoms with E-state index < -0.39 is 0 Å². The van der Waals surface area contributed by atoms with Crippen molar-refractivity contribution in [2.75, 3.05) is 13.2 Å². The first-order valence-electron chi connectivity index (χ1n) is 7.30. The van der Waals surface area contributed by atoms with Gasteiger partial charge in [-0.3, -0.25) is 0 Å². The molecule has 0 radical (unpaired) electrons. The molecular weight excluding hydrogens is 241 g/mol. The zero-order valence-corrected chi connectivity index (χ0v) is 11.7. The van der Waals surface area contributed by atoms with Gasteiger partial charge in [-0.15, -0.1) is 0 Å². The van der Waals surface area contributed by atoms with Crippen LogP contribution >= 0.6 is 0 Å². The quantitative estimate of drug-likeness (QED) is 0.795. The summed E-state index contributed by atoms with van der Waals surface area (Å²) in [5.41, 5.74) is 0.633. The molecule has 106 valence electrons. The Kier molecular flexibility index (Phi) is 5.80. The minimum absolute atomic E-state index is 0.184. The molecular formula is C16H24FNO. The maximum absolute atomic E-state index is 13.3. The molecule has 0 amide bonds. The molecule has 2 rings (SSSR count). The first-order valence-corrected chi connectivity index (χ1v) is 7.30. The summed E-state index contributed by atoms with van der Waals surface area (Å²) >= 11 is 0. The van der Waals surface area contributed by atoms with Crippen molar-refractivity contribution in [2.45, 2.75) is 45.3 Å². The Morgan fingerprint density at radius 1 is 1.32 bits per heavy atom. The molecule has 0 spiro atoms. The average Bonchev–Trinajstić information content (AvgIpc) is 2.40. The monoisotopic (exact) mass is 265 g/mol. The first-order chi connectivity index (χ1) is 9.25. The Balaban J connectivity index is 1.58. The second kappa shape index (κ2) is 7.61. The molecule has 1 saturated carbocycles. The maximum Gasteiger partial charge on any atom is 0.128 e. The zero-order chi connectivity index (χ0) is 13.5. The lowest BCUT2D eigenvalue weighted by Crippen LogP contribution is -2.35. The normalized spacial score (nSPS) is 23.5. The molecule has 19 heavy (non-hydrogen) atoms. The molecule has 0 aromatic heterocycles. The summed E-state index contributed by atoms with van der Waals surface area (Å²) in [5, 5.41) is 3.53. The molecule has 0 bridgehead atoms. The van der Waals surface area contributed by atoms with Gasteiger partial charge in [-0.25, -0.2) is 4.39 Å². The van der Waals surface area contributed by atoms with E-state index in [1.807, 2.05) is 6.07 Å². The van der Waals surface area contributed by atoms with Gasteiger partial charge >= 0.3 is 0 Å². The highest BCUT2D eigenvalue weighted by Gasteiger charge is 2.17. The van der Waals surface area contributed by atoms with Gasteiger partial charge in [0, 0.05) is 18.2 Å². The van der Waals surface area contributed by atoms with Crippen LogP contribution in [0.1, 0.15) is 38.2 Å². The number of hydrogen-bond donors (Lipinski definition) is 1. The van der Waals surface area contributed by atoms with Crippen LogP contribution in [0.4, 0.5) is 4.39 Å². The van der Waals surface area contributed by atoms with Crippen LogP contribution in [0.2, 0.25) is 0 Å². The number of benzene rings is 1. The number of nitrogens with one attached hydrogen (secondary N) is 1. The third kappa shape index (κ3) is 4.92. The highest BCUT2D eigenvalue weighted by atomic mass is 19.1. The van der Waals surface area contributed by atoms with Crippen LogP contribution in [-0.2, 0) is 11.3 Å². The molecule has 1 fully saturated rings. The Morgan fingerprint density at radius 3 is 2.95 bits per heavy atom. The molecule has 1 aliphatic rings. The third-order valence-corrected chi connectivity index (χ3v) is 3.83. The topological polar surface area (TPSA) is 21.3 Å². The van der Waals surface area contributed by atoms with E-state index in [4.69, 9.17) is 4.74 Å². The fourth-order valence-corrected chi connectivity index (χ4v) is 2.75. The maximum atomic E-state index is 13.3. The van der Waals surface area contributed by atoms with Gasteiger partial charge in [0.2, 0.25) is 0 Å². The third-order valence-electron chi connectivity index (χ3n) is 3.83. The second-order valence-corrected chi connectivity index (χ2v) is 5.57. The van der Waals surface area contributed by atoms with Crippen molar-refractivity contribution < 1.29 is 9.13 Å². The standard InChI is InChI=1S/C16H24FNO/c1-13-5-4-7-15(11-13)18-9-10-19-12-14-6-2-3-8-16(14)17/h2-3,6,8,13,15,18H,4-5,7,9-12H2,1H3. The van der Waals surface area contributed by atoms with Crippen molar-refractivity contribution in [2.24, 2.45) is 5.92 Å². The Hall–Kier alpha value is -0.930. The van der Waals surface area contributed by atoms with Crippen LogP contribution in [0.3, 0.4) is 0 Å². The van der Waals surface area contributed by atoms with Crippen LogP contribution in [0.25, 0.3) is 0 Å². The van der Waals surface area contributed by atoms with E-state index in [0.29, 0.717) is 24.8 Å². The zero-order valence-electron chi connectivity index (χ0n) is 11.7. The smallest absolute Gasteiger partial charge is 0.128 e. The van der Waals surface area contributed by atoms with Crippen LogP contribution < -0.4 is 5.32 Å². The van der Waals surface area contributed by atoms with Crippen molar-refractivity contribution >= 4 is 0 Å². The van der Waals surface area contributed by atoms with E-state index in [1.165, 1.54) is 31.7 Å². The Bertz CT molecular complexity index is 383. The predicted molar refractivity (Wildman–Crippen MR) is 75.5 cm³/mol. The van der Waals surface area contributed by atoms with E-state index >= 15 is 0 Å². The molecule has 2 unspecified atom stereocenters. The van der Waals surface area contributed by atoms with Gasteiger partial charge in [0.15, 0.2) is 0 Å². The second-order valence-electron chi connectivity index (χ2n) is 5.57. The molecule has 3 heteroatoms. The predicted octanol–water partition coefficient (Wildman–Crippen LogP) is 3.51. The summed E-state index contributed by atoms with van der Waals surface area (Å²) in [6, 6.07) is 7.42. The van der Waals surface area contributed by atoms with Crippen LogP contribution in [-0.4, -0.2) is 19.2 Å². The molecule has 2 atom stereocenters. The van der Waals surface area contributed by atoms with E-state index in [-0.39, 0.29) is 5.82 Å². The minimum Gasteiger partial charge on any atom is -0.375 e. The highest BCUT2D eigenvalue weighted by Crippen LogP contribution is 2.23. The van der Waals surface area contributed by atoms with Gasteiger partial charge in [-0.1, -0.05) is 38.0 Å². The first kappa shape index (κ1) is 14.5. The molecule has 0 saturated heterocycles. The van der Waals surface area contributed by atoms with Crippen molar-refractivity contribution in [1.82, 2.24) is 5.32 Å². The van der Waals surface area contributed by atoms with Gasteiger partial charge in [0.1, 0.15) is 5.82 Å². The summed E-state index contributed by atoms with van der Waals surface area (Å²) in [6.07, 6.45) is 5.24. The molecule has 1 aromatic rings. The van der Waals surface area contributed by atoms with E-state index in [9.17, 15) is 4.39 Å². The van der Waals surface area contributed by atoms with Gasteiger partial charge in [0.25, 0.3) is 0 Å². The summed E-state index contributed by atoms with van der Waals surface area (Å²) < 4.78 is 18.9. The number of rotatable bonds is 6. The van der Waals surface area contributed by atoms with Crippen LogP contribution in [0.5, 0.6) is 0 Å². The van der Waals surface area contributed by atoms with E-state index in [2.05, 4.69) is 12.2 Å². The van der Waals surface area contributed by atoms with Gasteiger partial charge in [-0.05, 0) is 24.8 Å². The fraction of sp³-hybridized carbons (Fsp3) is 0.625. The largest absolute Gasteiger partial charge is 0.375 e. The Morgan fingerprint density at radius 2 is 2.16 bits per heavy atom. The highest BCUT2D eigenvalue weighted by molar-refractivity contribution is 5.16. The number of ether oxygens (including phenoxy) is 1. The lowest BCUT2D eigenvalue weighted by molar-refractivity contribution is 0.116. The van der Waals surface area contributed by atoms with Crippen molar-refractivity contribution in [3.63, 3.8) is 0 Å². The molecule has 1 aromatic carbocycles. The van der Waals surface area contributed by atoms with Gasteiger partial charge < -0.3 is 10.1 Å². The molecule has 1 aliphatic carbocycles. The van der Waals surface area contributed by atoms with Crippen molar-refractivity contribution in [3.8, 4) is 0 Å². The summed E-state index contributed by atoms with van der Waals surface area (Å²) in [6.45, 7) is 4.17. The lowest BCUT2D eigenvalue weighted by atomic mass is 9.87. The van der Waals surface area contributed by atoms with Gasteiger partial charge in [0.05, 0.1) is 13.2 Å². The summed E-state index contributed by atoms with van der Waals surface area (Å²) in [7, 11) is 0. The molecule has 2 nitrogen and oxygen atoms in total. The molecule has 0 aliphatic heterocycles.